The van der Waals surface area contributed by atoms with Crippen molar-refractivity contribution < 1.29 is 5.11 Å². The van der Waals surface area contributed by atoms with Crippen LogP contribution in [0, 0.1) is 0 Å². The van der Waals surface area contributed by atoms with Crippen LogP contribution in [0.15, 0.2) is 24.3 Å². The minimum Gasteiger partial charge on any atom is -0.506 e. The number of para-hydroxylation sites is 1. The molecule has 2 rings (SSSR count). The smallest absolute Gasteiger partial charge is 0.139 e. The molecule has 1 heterocycles. The van der Waals surface area contributed by atoms with E-state index >= 15 is 0 Å². The van der Waals surface area contributed by atoms with Crippen LogP contribution in [-0.2, 0) is 13.5 Å². The quantitative estimate of drug-likeness (QED) is 0.797. The number of aryl methyl sites for hydroxylation is 1. The average molecular weight is 204 g/mol. The Morgan fingerprint density at radius 3 is 2.87 bits per heavy atom. The fourth-order valence-corrected chi connectivity index (χ4v) is 1.94. The number of rotatable bonds is 3. The Balaban J connectivity index is 2.50. The summed E-state index contributed by atoms with van der Waals surface area (Å²) in [7, 11) is 3.94. The highest BCUT2D eigenvalue weighted by Gasteiger charge is 2.07. The molecule has 0 saturated heterocycles. The molecule has 0 spiro atoms. The van der Waals surface area contributed by atoms with Crippen LogP contribution in [0.4, 0.5) is 0 Å². The van der Waals surface area contributed by atoms with Gasteiger partial charge in [-0.1, -0.05) is 12.1 Å². The molecule has 0 aliphatic heterocycles. The molecule has 0 amide bonds. The Morgan fingerprint density at radius 1 is 1.40 bits per heavy atom. The van der Waals surface area contributed by atoms with E-state index in [9.17, 15) is 5.11 Å². The van der Waals surface area contributed by atoms with Crippen LogP contribution < -0.4 is 5.32 Å². The minimum absolute atomic E-state index is 0.353. The molecule has 1 aromatic heterocycles. The molecule has 0 fully saturated rings. The van der Waals surface area contributed by atoms with Gasteiger partial charge in [-0.05, 0) is 19.2 Å². The maximum Gasteiger partial charge on any atom is 0.139 e. The number of benzene rings is 1. The molecule has 2 N–H and O–H groups in total. The highest BCUT2D eigenvalue weighted by molar-refractivity contribution is 5.86. The van der Waals surface area contributed by atoms with Gasteiger partial charge in [0, 0.05) is 31.1 Å². The SMILES string of the molecule is CNCCc1cc2cccc(O)c2n1C. The number of aromatic hydroxyl groups is 1. The van der Waals surface area contributed by atoms with Gasteiger partial charge in [-0.15, -0.1) is 0 Å². The van der Waals surface area contributed by atoms with Gasteiger partial charge in [-0.25, -0.2) is 0 Å². The standard InChI is InChI=1S/C12H16N2O/c1-13-7-6-10-8-9-4-3-5-11(15)12(9)14(10)2/h3-5,8,13,15H,6-7H2,1-2H3. The summed E-state index contributed by atoms with van der Waals surface area (Å²) in [5.41, 5.74) is 2.16. The fraction of sp³-hybridized carbons (Fsp3) is 0.333. The Morgan fingerprint density at radius 2 is 2.20 bits per heavy atom. The van der Waals surface area contributed by atoms with Crippen molar-refractivity contribution in [3.8, 4) is 5.75 Å². The number of hydrogen-bond acceptors (Lipinski definition) is 2. The lowest BCUT2D eigenvalue weighted by Crippen LogP contribution is -2.12. The van der Waals surface area contributed by atoms with E-state index in [0.717, 1.165) is 23.9 Å². The number of nitrogens with zero attached hydrogens (tertiary/aromatic N) is 1. The van der Waals surface area contributed by atoms with Crippen LogP contribution in [0.25, 0.3) is 10.9 Å². The molecule has 3 heteroatoms. The van der Waals surface area contributed by atoms with Gasteiger partial charge in [0.2, 0.25) is 0 Å². The molecular formula is C12H16N2O. The van der Waals surface area contributed by atoms with Crippen molar-refractivity contribution in [3.05, 3.63) is 30.0 Å². The molecule has 0 atom stereocenters. The zero-order chi connectivity index (χ0) is 10.8. The Bertz CT molecular complexity index is 474. The topological polar surface area (TPSA) is 37.2 Å². The van der Waals surface area contributed by atoms with Crippen molar-refractivity contribution in [2.75, 3.05) is 13.6 Å². The zero-order valence-corrected chi connectivity index (χ0v) is 9.12. The summed E-state index contributed by atoms with van der Waals surface area (Å²) in [5.74, 6) is 0.353. The van der Waals surface area contributed by atoms with Gasteiger partial charge in [0.15, 0.2) is 0 Å². The van der Waals surface area contributed by atoms with Gasteiger partial charge < -0.3 is 15.0 Å². The summed E-state index contributed by atoms with van der Waals surface area (Å²) >= 11 is 0. The molecular weight excluding hydrogens is 188 g/mol. The van der Waals surface area contributed by atoms with Crippen LogP contribution in [0.2, 0.25) is 0 Å². The number of fused-ring (bicyclic) bond motifs is 1. The van der Waals surface area contributed by atoms with Crippen LogP contribution in [0.3, 0.4) is 0 Å². The third-order valence-electron chi connectivity index (χ3n) is 2.77. The van der Waals surface area contributed by atoms with E-state index in [1.165, 1.54) is 5.69 Å². The largest absolute Gasteiger partial charge is 0.506 e. The molecule has 0 saturated carbocycles. The van der Waals surface area contributed by atoms with Gasteiger partial charge in [-0.3, -0.25) is 0 Å². The third kappa shape index (κ3) is 1.70. The van der Waals surface area contributed by atoms with Crippen molar-refractivity contribution in [1.29, 1.82) is 0 Å². The van der Waals surface area contributed by atoms with E-state index < -0.39 is 0 Å². The zero-order valence-electron chi connectivity index (χ0n) is 9.12. The normalized spacial score (nSPS) is 11.1. The van der Waals surface area contributed by atoms with Crippen molar-refractivity contribution in [3.63, 3.8) is 0 Å². The molecule has 3 nitrogen and oxygen atoms in total. The molecule has 0 bridgehead atoms. The van der Waals surface area contributed by atoms with Gasteiger partial charge in [-0.2, -0.15) is 0 Å². The van der Waals surface area contributed by atoms with E-state index in [2.05, 4.69) is 16.0 Å². The van der Waals surface area contributed by atoms with Crippen molar-refractivity contribution in [2.24, 2.45) is 7.05 Å². The lowest BCUT2D eigenvalue weighted by Gasteiger charge is -2.04. The second kappa shape index (κ2) is 3.95. The molecule has 2 aromatic rings. The molecule has 80 valence electrons. The number of nitrogens with one attached hydrogen (secondary N) is 1. The van der Waals surface area contributed by atoms with Crippen LogP contribution >= 0.6 is 0 Å². The second-order valence-corrected chi connectivity index (χ2v) is 3.76. The van der Waals surface area contributed by atoms with Crippen LogP contribution in [-0.4, -0.2) is 23.3 Å². The van der Waals surface area contributed by atoms with Gasteiger partial charge in [0.25, 0.3) is 0 Å². The van der Waals surface area contributed by atoms with E-state index in [4.69, 9.17) is 0 Å². The first-order valence-corrected chi connectivity index (χ1v) is 5.15. The molecule has 0 aliphatic rings. The molecule has 15 heavy (non-hydrogen) atoms. The molecule has 0 aliphatic carbocycles. The predicted molar refractivity (Wildman–Crippen MR) is 62.2 cm³/mol. The van der Waals surface area contributed by atoms with Gasteiger partial charge in [0.05, 0.1) is 5.52 Å². The van der Waals surface area contributed by atoms with Crippen LogP contribution in [0.5, 0.6) is 5.75 Å². The number of aromatic nitrogens is 1. The first-order chi connectivity index (χ1) is 7.24. The summed E-state index contributed by atoms with van der Waals surface area (Å²) < 4.78 is 2.06. The van der Waals surface area contributed by atoms with Crippen molar-refractivity contribution in [1.82, 2.24) is 9.88 Å². The lowest BCUT2D eigenvalue weighted by molar-refractivity contribution is 0.478. The van der Waals surface area contributed by atoms with Crippen molar-refractivity contribution >= 4 is 10.9 Å². The van der Waals surface area contributed by atoms with E-state index in [1.807, 2.05) is 26.2 Å². The summed E-state index contributed by atoms with van der Waals surface area (Å²) in [6.45, 7) is 0.949. The summed E-state index contributed by atoms with van der Waals surface area (Å²) in [6, 6.07) is 7.76. The molecule has 1 aromatic carbocycles. The predicted octanol–water partition coefficient (Wildman–Crippen LogP) is 1.65. The first kappa shape index (κ1) is 10.1. The first-order valence-electron chi connectivity index (χ1n) is 5.15. The van der Waals surface area contributed by atoms with E-state index in [-0.39, 0.29) is 0 Å². The monoisotopic (exact) mass is 204 g/mol. The Labute approximate surface area is 89.3 Å². The van der Waals surface area contributed by atoms with Crippen LogP contribution in [0.1, 0.15) is 5.69 Å². The number of likely N-dealkylation sites (N-methyl/N-ethyl adjacent to an activating group) is 1. The summed E-state index contributed by atoms with van der Waals surface area (Å²) in [4.78, 5) is 0. The lowest BCUT2D eigenvalue weighted by atomic mass is 10.2. The Hall–Kier alpha value is -1.48. The fourth-order valence-electron chi connectivity index (χ4n) is 1.94. The second-order valence-electron chi connectivity index (χ2n) is 3.76. The maximum absolute atomic E-state index is 9.75. The Kier molecular flexibility index (Phi) is 2.64. The highest BCUT2D eigenvalue weighted by atomic mass is 16.3. The number of phenols is 1. The number of hydrogen-bond donors (Lipinski definition) is 2. The molecule has 0 radical (unpaired) electrons. The molecule has 0 unspecified atom stereocenters. The van der Waals surface area contributed by atoms with E-state index in [1.54, 1.807) is 6.07 Å². The van der Waals surface area contributed by atoms with Gasteiger partial charge in [0.1, 0.15) is 5.75 Å². The van der Waals surface area contributed by atoms with E-state index in [0.29, 0.717) is 5.75 Å². The average Bonchev–Trinajstić information content (AvgIpc) is 2.54. The van der Waals surface area contributed by atoms with Gasteiger partial charge >= 0.3 is 0 Å². The maximum atomic E-state index is 9.75. The summed E-state index contributed by atoms with van der Waals surface area (Å²) in [6.07, 6.45) is 0.973. The van der Waals surface area contributed by atoms with Crippen molar-refractivity contribution in [2.45, 2.75) is 6.42 Å². The minimum atomic E-state index is 0.353. The number of phenolic OH excluding ortho intramolecular Hbond substituents is 1. The third-order valence-corrected chi connectivity index (χ3v) is 2.77. The highest BCUT2D eigenvalue weighted by Crippen LogP contribution is 2.26. The summed E-state index contributed by atoms with van der Waals surface area (Å²) in [5, 5.41) is 14.0.